The van der Waals surface area contributed by atoms with E-state index in [1.165, 1.54) is 0 Å². The topological polar surface area (TPSA) is 98.5 Å². The first kappa shape index (κ1) is 18.3. The van der Waals surface area contributed by atoms with Crippen molar-refractivity contribution >= 4 is 5.97 Å². The van der Waals surface area contributed by atoms with Crippen LogP contribution in [0.4, 0.5) is 0 Å². The minimum atomic E-state index is -1.91. The Morgan fingerprint density at radius 1 is 1.20 bits per heavy atom. The van der Waals surface area contributed by atoms with Gasteiger partial charge in [-0.05, 0) is 31.6 Å². The van der Waals surface area contributed by atoms with Crippen LogP contribution in [0.25, 0.3) is 10.4 Å². The van der Waals surface area contributed by atoms with Crippen LogP contribution in [-0.4, -0.2) is 36.6 Å². The second kappa shape index (κ2) is 8.19. The van der Waals surface area contributed by atoms with Crippen LogP contribution in [0.5, 0.6) is 0 Å². The zero-order valence-electron chi connectivity index (χ0n) is 14.2. The quantitative estimate of drug-likeness (QED) is 0.345. The molecule has 0 saturated carbocycles. The van der Waals surface area contributed by atoms with Crippen LogP contribution < -0.4 is 0 Å². The molecule has 130 valence electrons. The van der Waals surface area contributed by atoms with Gasteiger partial charge in [0.05, 0.1) is 0 Å². The van der Waals surface area contributed by atoms with Gasteiger partial charge in [-0.25, -0.2) is 4.79 Å². The van der Waals surface area contributed by atoms with Gasteiger partial charge in [-0.3, -0.25) is 0 Å². The number of likely N-dealkylation sites (N-methyl/N-ethyl adjacent to an activating group) is 1. The standard InChI is InChI=1S/C18H20N4O3/c1-22(2)13-12-14-8-6-7-11-16(14)18(17(23)24,25-21-20-19)15-9-4-3-5-10-15/h3-11H,12-13H2,1-2H3,(H,23,24). The Kier molecular flexibility index (Phi) is 6.00. The second-order valence-corrected chi connectivity index (χ2v) is 5.83. The summed E-state index contributed by atoms with van der Waals surface area (Å²) in [4.78, 5) is 22.2. The fourth-order valence-corrected chi connectivity index (χ4v) is 2.71. The third kappa shape index (κ3) is 3.91. The van der Waals surface area contributed by atoms with Gasteiger partial charge < -0.3 is 14.8 Å². The summed E-state index contributed by atoms with van der Waals surface area (Å²) in [6.07, 6.45) is 0.630. The minimum absolute atomic E-state index is 0.382. The van der Waals surface area contributed by atoms with Gasteiger partial charge in [-0.2, -0.15) is 0 Å². The maximum absolute atomic E-state index is 12.3. The van der Waals surface area contributed by atoms with Crippen molar-refractivity contribution in [3.8, 4) is 0 Å². The summed E-state index contributed by atoms with van der Waals surface area (Å²) in [6, 6.07) is 15.6. The molecule has 2 rings (SSSR count). The lowest BCUT2D eigenvalue weighted by atomic mass is 9.82. The monoisotopic (exact) mass is 340 g/mol. The van der Waals surface area contributed by atoms with Gasteiger partial charge in [0, 0.05) is 22.6 Å². The maximum Gasteiger partial charge on any atom is 0.358 e. The number of nitrogens with zero attached hydrogens (tertiary/aromatic N) is 4. The van der Waals surface area contributed by atoms with Gasteiger partial charge in [0.25, 0.3) is 5.60 Å². The van der Waals surface area contributed by atoms with Crippen molar-refractivity contribution in [3.05, 3.63) is 81.7 Å². The van der Waals surface area contributed by atoms with Crippen LogP contribution >= 0.6 is 0 Å². The zero-order valence-corrected chi connectivity index (χ0v) is 14.2. The van der Waals surface area contributed by atoms with Gasteiger partial charge >= 0.3 is 5.97 Å². The zero-order chi connectivity index (χ0) is 18.3. The van der Waals surface area contributed by atoms with E-state index >= 15 is 0 Å². The predicted octanol–water partition coefficient (Wildman–Crippen LogP) is 3.36. The van der Waals surface area contributed by atoms with Crippen molar-refractivity contribution in [1.82, 2.24) is 4.90 Å². The lowest BCUT2D eigenvalue weighted by Crippen LogP contribution is -2.39. The van der Waals surface area contributed by atoms with Crippen LogP contribution in [-0.2, 0) is 21.7 Å². The molecule has 1 N–H and O–H groups in total. The van der Waals surface area contributed by atoms with Crippen molar-refractivity contribution in [1.29, 1.82) is 0 Å². The Hall–Kier alpha value is -3.02. The highest BCUT2D eigenvalue weighted by Gasteiger charge is 2.46. The van der Waals surface area contributed by atoms with Crippen molar-refractivity contribution in [3.63, 3.8) is 0 Å². The molecule has 0 aromatic heterocycles. The molecule has 0 spiro atoms. The molecule has 2 aromatic carbocycles. The Bertz CT molecular complexity index is 773. The first-order valence-corrected chi connectivity index (χ1v) is 7.77. The number of azide groups is 1. The lowest BCUT2D eigenvalue weighted by molar-refractivity contribution is -0.162. The number of aliphatic carboxylic acids is 1. The molecule has 0 heterocycles. The molecule has 2 aromatic rings. The molecule has 7 nitrogen and oxygen atoms in total. The molecule has 0 fully saturated rings. The van der Waals surface area contributed by atoms with E-state index in [1.807, 2.05) is 31.1 Å². The molecule has 1 unspecified atom stereocenters. The molecule has 25 heavy (non-hydrogen) atoms. The minimum Gasteiger partial charge on any atom is -0.478 e. The number of carboxylic acid groups (broad SMARTS) is 1. The van der Waals surface area contributed by atoms with Gasteiger partial charge in [0.2, 0.25) is 0 Å². The second-order valence-electron chi connectivity index (χ2n) is 5.83. The maximum atomic E-state index is 12.3. The van der Waals surface area contributed by atoms with E-state index < -0.39 is 11.6 Å². The van der Waals surface area contributed by atoms with Gasteiger partial charge in [0.1, 0.15) is 5.28 Å². The van der Waals surface area contributed by atoms with E-state index in [0.29, 0.717) is 17.5 Å². The van der Waals surface area contributed by atoms with E-state index in [9.17, 15) is 9.90 Å². The lowest BCUT2D eigenvalue weighted by Gasteiger charge is -2.30. The number of benzene rings is 2. The molecule has 0 radical (unpaired) electrons. The number of carboxylic acids is 1. The van der Waals surface area contributed by atoms with Crippen LogP contribution in [0, 0.1) is 0 Å². The highest BCUT2D eigenvalue weighted by Crippen LogP contribution is 2.37. The Morgan fingerprint density at radius 2 is 1.84 bits per heavy atom. The van der Waals surface area contributed by atoms with Crippen LogP contribution in [0.2, 0.25) is 0 Å². The van der Waals surface area contributed by atoms with E-state index in [-0.39, 0.29) is 0 Å². The third-order valence-corrected chi connectivity index (χ3v) is 3.92. The highest BCUT2D eigenvalue weighted by atomic mass is 16.7. The largest absolute Gasteiger partial charge is 0.478 e. The summed E-state index contributed by atoms with van der Waals surface area (Å²) in [6.45, 7) is 0.739. The van der Waals surface area contributed by atoms with Crippen LogP contribution in [0.1, 0.15) is 16.7 Å². The average molecular weight is 340 g/mol. The number of rotatable bonds is 8. The van der Waals surface area contributed by atoms with Crippen molar-refractivity contribution in [2.45, 2.75) is 12.0 Å². The molecule has 0 aliphatic heterocycles. The van der Waals surface area contributed by atoms with Crippen LogP contribution in [0.15, 0.2) is 59.9 Å². The van der Waals surface area contributed by atoms with E-state index in [4.69, 9.17) is 10.4 Å². The van der Waals surface area contributed by atoms with Gasteiger partial charge in [-0.15, -0.1) is 0 Å². The predicted molar refractivity (Wildman–Crippen MR) is 93.8 cm³/mol. The summed E-state index contributed by atoms with van der Waals surface area (Å²) in [5, 5.41) is 13.2. The average Bonchev–Trinajstić information content (AvgIpc) is 2.62. The SMILES string of the molecule is CN(C)CCc1ccccc1C(ON=[N+]=[N-])(C(=O)O)c1ccccc1. The molecule has 0 aliphatic rings. The molecule has 0 aliphatic carbocycles. The van der Waals surface area contributed by atoms with Crippen LogP contribution in [0.3, 0.4) is 0 Å². The summed E-state index contributed by atoms with van der Waals surface area (Å²) < 4.78 is 0. The smallest absolute Gasteiger partial charge is 0.358 e. The van der Waals surface area contributed by atoms with E-state index in [1.54, 1.807) is 42.5 Å². The molecule has 0 bridgehead atoms. The number of hydrogen-bond acceptors (Lipinski definition) is 4. The molecule has 1 atom stereocenters. The van der Waals surface area contributed by atoms with E-state index in [0.717, 1.165) is 12.1 Å². The third-order valence-electron chi connectivity index (χ3n) is 3.92. The van der Waals surface area contributed by atoms with Gasteiger partial charge in [-0.1, -0.05) is 54.6 Å². The van der Waals surface area contributed by atoms with Crippen molar-refractivity contribution in [2.24, 2.45) is 5.28 Å². The van der Waals surface area contributed by atoms with Crippen molar-refractivity contribution < 1.29 is 14.7 Å². The highest BCUT2D eigenvalue weighted by molar-refractivity contribution is 5.84. The molecule has 0 amide bonds. The summed E-state index contributed by atoms with van der Waals surface area (Å²) in [5.41, 5.74) is 8.42. The first-order chi connectivity index (χ1) is 12.0. The Labute approximate surface area is 146 Å². The Morgan fingerprint density at radius 3 is 2.44 bits per heavy atom. The molecule has 0 saturated heterocycles. The Balaban J connectivity index is 2.68. The molecule has 7 heteroatoms. The fraction of sp³-hybridized carbons (Fsp3) is 0.278. The van der Waals surface area contributed by atoms with Gasteiger partial charge in [0.15, 0.2) is 0 Å². The van der Waals surface area contributed by atoms with E-state index in [2.05, 4.69) is 10.2 Å². The summed E-state index contributed by atoms with van der Waals surface area (Å²) in [5.74, 6) is -1.25. The number of hydrogen-bond donors (Lipinski definition) is 1. The fourth-order valence-electron chi connectivity index (χ4n) is 2.71. The number of carbonyl (C=O) groups is 1. The van der Waals surface area contributed by atoms with Crippen molar-refractivity contribution in [2.75, 3.05) is 20.6 Å². The summed E-state index contributed by atoms with van der Waals surface area (Å²) >= 11 is 0. The summed E-state index contributed by atoms with van der Waals surface area (Å²) in [7, 11) is 3.89. The molecular weight excluding hydrogens is 320 g/mol. The molecular formula is C18H20N4O3. The normalized spacial score (nSPS) is 12.9. The first-order valence-electron chi connectivity index (χ1n) is 7.77.